The van der Waals surface area contributed by atoms with Gasteiger partial charge in [-0.3, -0.25) is 0 Å². The Morgan fingerprint density at radius 2 is 1.17 bits per heavy atom. The van der Waals surface area contributed by atoms with E-state index in [1.807, 2.05) is 0 Å². The van der Waals surface area contributed by atoms with Gasteiger partial charge in [-0.25, -0.2) is 0 Å². The van der Waals surface area contributed by atoms with Crippen molar-refractivity contribution in [2.75, 3.05) is 52.4 Å². The highest BCUT2D eigenvalue weighted by molar-refractivity contribution is 4.89. The molecule has 3 fully saturated rings. The number of unbranched alkanes of at least 4 members (excludes halogenated alkanes) is 2. The fraction of sp³-hybridized carbons (Fsp3) is 1.00. The van der Waals surface area contributed by atoms with Gasteiger partial charge in [0.05, 0.1) is 0 Å². The maximum atomic E-state index is 3.80. The van der Waals surface area contributed by atoms with Crippen molar-refractivity contribution in [3.8, 4) is 0 Å². The quantitative estimate of drug-likeness (QED) is 0.268. The van der Waals surface area contributed by atoms with Gasteiger partial charge in [0.1, 0.15) is 0 Å². The van der Waals surface area contributed by atoms with E-state index in [0.717, 1.165) is 42.1 Å². The predicted molar refractivity (Wildman–Crippen MR) is 130 cm³/mol. The summed E-state index contributed by atoms with van der Waals surface area (Å²) in [5.74, 6) is 5.92. The summed E-state index contributed by atoms with van der Waals surface area (Å²) in [6, 6.07) is 0. The molecule has 2 bridgehead atoms. The first-order valence-corrected chi connectivity index (χ1v) is 13.6. The van der Waals surface area contributed by atoms with Crippen molar-refractivity contribution in [3.05, 3.63) is 0 Å². The summed E-state index contributed by atoms with van der Waals surface area (Å²) in [4.78, 5) is 0. The summed E-state index contributed by atoms with van der Waals surface area (Å²) in [6.45, 7) is 14.3. The molecule has 6 atom stereocenters. The second-order valence-electron chi connectivity index (χ2n) is 10.9. The van der Waals surface area contributed by atoms with Crippen LogP contribution in [-0.4, -0.2) is 52.4 Å². The summed E-state index contributed by atoms with van der Waals surface area (Å²) < 4.78 is 0. The molecule has 30 heavy (non-hydrogen) atoms. The van der Waals surface area contributed by atoms with Gasteiger partial charge in [0.25, 0.3) is 0 Å². The topological polar surface area (TPSA) is 48.1 Å². The first-order chi connectivity index (χ1) is 14.8. The molecule has 0 aromatic carbocycles. The molecule has 3 saturated carbocycles. The molecule has 0 heterocycles. The summed E-state index contributed by atoms with van der Waals surface area (Å²) >= 11 is 0. The normalized spacial score (nSPS) is 33.0. The van der Waals surface area contributed by atoms with Crippen LogP contribution in [-0.2, 0) is 0 Å². The van der Waals surface area contributed by atoms with E-state index in [4.69, 9.17) is 0 Å². The van der Waals surface area contributed by atoms with Crippen LogP contribution < -0.4 is 21.3 Å². The summed E-state index contributed by atoms with van der Waals surface area (Å²) in [6.07, 6.45) is 14.2. The first-order valence-electron chi connectivity index (χ1n) is 13.6. The van der Waals surface area contributed by atoms with Crippen LogP contribution in [0, 0.1) is 35.5 Å². The van der Waals surface area contributed by atoms with Gasteiger partial charge < -0.3 is 21.3 Å². The lowest BCUT2D eigenvalue weighted by Gasteiger charge is -2.43. The zero-order valence-corrected chi connectivity index (χ0v) is 20.2. The van der Waals surface area contributed by atoms with Crippen LogP contribution in [0.1, 0.15) is 78.1 Å². The van der Waals surface area contributed by atoms with Gasteiger partial charge in [-0.15, -0.1) is 0 Å². The highest BCUT2D eigenvalue weighted by Gasteiger charge is 2.36. The monoisotopic (exact) mass is 420 g/mol. The van der Waals surface area contributed by atoms with Crippen molar-refractivity contribution in [2.45, 2.75) is 78.1 Å². The summed E-state index contributed by atoms with van der Waals surface area (Å²) in [5.41, 5.74) is 0. The molecule has 3 aliphatic rings. The summed E-state index contributed by atoms with van der Waals surface area (Å²) in [7, 11) is 0. The van der Waals surface area contributed by atoms with Gasteiger partial charge >= 0.3 is 0 Å². The Balaban J connectivity index is 1.07. The Morgan fingerprint density at radius 1 is 0.600 bits per heavy atom. The van der Waals surface area contributed by atoms with E-state index in [2.05, 4.69) is 35.1 Å². The van der Waals surface area contributed by atoms with Gasteiger partial charge in [-0.2, -0.15) is 0 Å². The van der Waals surface area contributed by atoms with Gasteiger partial charge in [0.15, 0.2) is 0 Å². The standard InChI is InChI=1S/C26H52N4/c1-3-27-10-4-5-12-29-19-25-17-26(25)20-30-13-7-6-11-28-18-23-9-8-22-14-21(2)15-24(23)16-22/h21-30H,3-20H2,1-2H3/t21?,22?,23?,24?,25-,26+/m0/s1. The number of fused-ring (bicyclic) bond motifs is 2. The van der Waals surface area contributed by atoms with Crippen LogP contribution in [0.4, 0.5) is 0 Å². The largest absolute Gasteiger partial charge is 0.317 e. The molecule has 0 aromatic heterocycles. The lowest BCUT2D eigenvalue weighted by atomic mass is 9.64. The Labute approximate surface area is 187 Å². The van der Waals surface area contributed by atoms with E-state index in [-0.39, 0.29) is 0 Å². The molecule has 0 saturated heterocycles. The summed E-state index contributed by atoms with van der Waals surface area (Å²) in [5, 5.41) is 14.6. The fourth-order valence-electron chi connectivity index (χ4n) is 6.23. The van der Waals surface area contributed by atoms with Crippen LogP contribution >= 0.6 is 0 Å². The molecule has 4 unspecified atom stereocenters. The second kappa shape index (κ2) is 14.1. The highest BCUT2D eigenvalue weighted by atomic mass is 14.9. The zero-order chi connectivity index (χ0) is 21.0. The molecule has 4 nitrogen and oxygen atoms in total. The molecule has 0 radical (unpaired) electrons. The van der Waals surface area contributed by atoms with Crippen molar-refractivity contribution in [3.63, 3.8) is 0 Å². The van der Waals surface area contributed by atoms with Crippen LogP contribution in [0.3, 0.4) is 0 Å². The Kier molecular flexibility index (Phi) is 11.5. The van der Waals surface area contributed by atoms with Crippen LogP contribution in [0.5, 0.6) is 0 Å². The van der Waals surface area contributed by atoms with Gasteiger partial charge in [-0.05, 0) is 146 Å². The lowest BCUT2D eigenvalue weighted by molar-refractivity contribution is 0.0887. The molecule has 3 aliphatic carbocycles. The van der Waals surface area contributed by atoms with Crippen LogP contribution in [0.15, 0.2) is 0 Å². The third-order valence-corrected chi connectivity index (χ3v) is 8.14. The third kappa shape index (κ3) is 9.14. The lowest BCUT2D eigenvalue weighted by Crippen LogP contribution is -2.37. The molecule has 0 spiro atoms. The van der Waals surface area contributed by atoms with E-state index in [9.17, 15) is 0 Å². The number of nitrogens with one attached hydrogen (secondary N) is 4. The maximum absolute atomic E-state index is 3.80. The SMILES string of the molecule is CCNCCCCNC[C@@H]1C[C@@H]1CNCCCCNCC1CCC2CC(C)CC1C2. The van der Waals surface area contributed by atoms with Crippen molar-refractivity contribution in [1.82, 2.24) is 21.3 Å². The molecule has 0 aliphatic heterocycles. The van der Waals surface area contributed by atoms with Gasteiger partial charge in [0.2, 0.25) is 0 Å². The Morgan fingerprint density at radius 3 is 1.77 bits per heavy atom. The molecular formula is C26H52N4. The minimum Gasteiger partial charge on any atom is -0.317 e. The second-order valence-corrected chi connectivity index (χ2v) is 10.9. The minimum atomic E-state index is 0.936. The number of hydrogen-bond acceptors (Lipinski definition) is 4. The molecular weight excluding hydrogens is 368 g/mol. The average molecular weight is 421 g/mol. The van der Waals surface area contributed by atoms with E-state index in [1.54, 1.807) is 0 Å². The van der Waals surface area contributed by atoms with Crippen molar-refractivity contribution >= 4 is 0 Å². The highest BCUT2D eigenvalue weighted by Crippen LogP contribution is 2.45. The van der Waals surface area contributed by atoms with Crippen molar-refractivity contribution < 1.29 is 0 Å². The van der Waals surface area contributed by atoms with Crippen LogP contribution in [0.25, 0.3) is 0 Å². The van der Waals surface area contributed by atoms with E-state index >= 15 is 0 Å². The Hall–Kier alpha value is -0.160. The zero-order valence-electron chi connectivity index (χ0n) is 20.2. The van der Waals surface area contributed by atoms with Crippen molar-refractivity contribution in [1.29, 1.82) is 0 Å². The van der Waals surface area contributed by atoms with E-state index in [0.29, 0.717) is 0 Å². The molecule has 3 rings (SSSR count). The van der Waals surface area contributed by atoms with Crippen molar-refractivity contribution in [2.24, 2.45) is 35.5 Å². The molecule has 4 N–H and O–H groups in total. The maximum Gasteiger partial charge on any atom is -0.00173 e. The van der Waals surface area contributed by atoms with Crippen LogP contribution in [0.2, 0.25) is 0 Å². The van der Waals surface area contributed by atoms with E-state index < -0.39 is 0 Å². The van der Waals surface area contributed by atoms with Gasteiger partial charge in [0, 0.05) is 0 Å². The average Bonchev–Trinajstić information content (AvgIpc) is 3.48. The number of rotatable bonds is 17. The Bertz CT molecular complexity index is 441. The molecule has 4 heteroatoms. The number of hydrogen-bond donors (Lipinski definition) is 4. The molecule has 0 amide bonds. The first kappa shape index (κ1) is 24.5. The van der Waals surface area contributed by atoms with E-state index in [1.165, 1.54) is 110 Å². The molecule has 176 valence electrons. The molecule has 0 aromatic rings. The smallest absolute Gasteiger partial charge is 0.00173 e. The third-order valence-electron chi connectivity index (χ3n) is 8.14. The predicted octanol–water partition coefficient (Wildman–Crippen LogP) is 4.02. The van der Waals surface area contributed by atoms with Gasteiger partial charge in [-0.1, -0.05) is 20.3 Å². The fourth-order valence-corrected chi connectivity index (χ4v) is 6.23. The minimum absolute atomic E-state index is 0.936.